The van der Waals surface area contributed by atoms with Gasteiger partial charge in [-0.1, -0.05) is 6.07 Å². The molecule has 96 valence electrons. The Kier molecular flexibility index (Phi) is 3.45. The zero-order chi connectivity index (χ0) is 13.1. The number of anilines is 1. The van der Waals surface area contributed by atoms with Crippen molar-refractivity contribution >= 4 is 17.6 Å². The van der Waals surface area contributed by atoms with E-state index in [2.05, 4.69) is 5.32 Å². The van der Waals surface area contributed by atoms with Gasteiger partial charge < -0.3 is 16.0 Å². The van der Waals surface area contributed by atoms with Gasteiger partial charge in [-0.3, -0.25) is 5.41 Å². The number of nitrogens with two attached hydrogens (primary N) is 1. The van der Waals surface area contributed by atoms with Gasteiger partial charge in [-0.25, -0.2) is 9.18 Å². The van der Waals surface area contributed by atoms with Crippen molar-refractivity contribution in [1.82, 2.24) is 4.90 Å². The van der Waals surface area contributed by atoms with Gasteiger partial charge in [-0.05, 0) is 31.0 Å². The summed E-state index contributed by atoms with van der Waals surface area (Å²) in [5, 5.41) is 10.0. The number of carbonyl (C=O) groups is 1. The van der Waals surface area contributed by atoms with Gasteiger partial charge in [0.05, 0.1) is 6.04 Å². The molecule has 2 amide bonds. The summed E-state index contributed by atoms with van der Waals surface area (Å²) < 4.78 is 13.0. The number of nitrogens with one attached hydrogen (secondary N) is 2. The topological polar surface area (TPSA) is 82.2 Å². The molecule has 6 heteroatoms. The van der Waals surface area contributed by atoms with E-state index in [-0.39, 0.29) is 17.9 Å². The van der Waals surface area contributed by atoms with Crippen molar-refractivity contribution in [3.63, 3.8) is 0 Å². The Balaban J connectivity index is 2.06. The first-order valence-electron chi connectivity index (χ1n) is 5.75. The maximum atomic E-state index is 13.0. The molecule has 18 heavy (non-hydrogen) atoms. The smallest absolute Gasteiger partial charge is 0.322 e. The van der Waals surface area contributed by atoms with Gasteiger partial charge >= 0.3 is 6.03 Å². The van der Waals surface area contributed by atoms with E-state index in [1.807, 2.05) is 0 Å². The van der Waals surface area contributed by atoms with Gasteiger partial charge in [0.15, 0.2) is 0 Å². The molecule has 1 atom stereocenters. The summed E-state index contributed by atoms with van der Waals surface area (Å²) in [7, 11) is 0. The maximum Gasteiger partial charge on any atom is 0.322 e. The molecule has 1 saturated heterocycles. The Morgan fingerprint density at radius 2 is 2.33 bits per heavy atom. The van der Waals surface area contributed by atoms with Gasteiger partial charge in [0.1, 0.15) is 11.7 Å². The van der Waals surface area contributed by atoms with Crippen molar-refractivity contribution in [1.29, 1.82) is 5.41 Å². The third-order valence-corrected chi connectivity index (χ3v) is 2.95. The van der Waals surface area contributed by atoms with E-state index in [0.29, 0.717) is 18.7 Å². The predicted octanol–water partition coefficient (Wildman–Crippen LogP) is 1.76. The average molecular weight is 250 g/mol. The van der Waals surface area contributed by atoms with E-state index in [4.69, 9.17) is 11.1 Å². The maximum absolute atomic E-state index is 13.0. The molecule has 1 aliphatic heterocycles. The number of hydrogen-bond donors (Lipinski definition) is 3. The number of carbonyl (C=O) groups excluding carboxylic acids is 1. The number of benzene rings is 1. The van der Waals surface area contributed by atoms with Gasteiger partial charge in [0.2, 0.25) is 0 Å². The number of nitrogens with zero attached hydrogens (tertiary/aromatic N) is 1. The van der Waals surface area contributed by atoms with Crippen molar-refractivity contribution in [2.24, 2.45) is 5.73 Å². The van der Waals surface area contributed by atoms with Crippen LogP contribution in [0.5, 0.6) is 0 Å². The minimum atomic E-state index is -0.405. The molecule has 4 N–H and O–H groups in total. The van der Waals surface area contributed by atoms with Crippen LogP contribution in [0.4, 0.5) is 14.9 Å². The van der Waals surface area contributed by atoms with E-state index in [1.165, 1.54) is 23.1 Å². The average Bonchev–Trinajstić information content (AvgIpc) is 2.77. The van der Waals surface area contributed by atoms with E-state index in [0.717, 1.165) is 6.42 Å². The van der Waals surface area contributed by atoms with Crippen LogP contribution in [0.2, 0.25) is 0 Å². The standard InChI is InChI=1S/C12H15FN4O/c13-8-3-1-4-9(7-8)16-12(18)17-6-2-5-10(17)11(14)15/h1,3-4,7,10H,2,5-6H2,(H3,14,15)(H,16,18). The third kappa shape index (κ3) is 2.58. The molecule has 0 radical (unpaired) electrons. The van der Waals surface area contributed by atoms with Crippen LogP contribution in [-0.2, 0) is 0 Å². The van der Waals surface area contributed by atoms with Crippen molar-refractivity contribution in [2.75, 3.05) is 11.9 Å². The molecular formula is C12H15FN4O. The number of amidine groups is 1. The number of halogens is 1. The lowest BCUT2D eigenvalue weighted by Crippen LogP contribution is -2.45. The second-order valence-corrected chi connectivity index (χ2v) is 4.25. The molecule has 1 aliphatic rings. The first-order chi connectivity index (χ1) is 8.58. The molecule has 0 aliphatic carbocycles. The van der Waals surface area contributed by atoms with E-state index in [9.17, 15) is 9.18 Å². The Labute approximate surface area is 104 Å². The minimum Gasteiger partial charge on any atom is -0.386 e. The summed E-state index contributed by atoms with van der Waals surface area (Å²) in [5.41, 5.74) is 5.84. The van der Waals surface area contributed by atoms with Crippen molar-refractivity contribution in [3.05, 3.63) is 30.1 Å². The summed E-state index contributed by atoms with van der Waals surface area (Å²) in [4.78, 5) is 13.5. The molecule has 1 unspecified atom stereocenters. The molecular weight excluding hydrogens is 235 g/mol. The van der Waals surface area contributed by atoms with Crippen LogP contribution in [0.3, 0.4) is 0 Å². The summed E-state index contributed by atoms with van der Waals surface area (Å²) in [6.45, 7) is 0.561. The molecule has 2 rings (SSSR count). The van der Waals surface area contributed by atoms with Gasteiger partial charge in [0, 0.05) is 12.2 Å². The van der Waals surface area contributed by atoms with Crippen LogP contribution in [0, 0.1) is 11.2 Å². The zero-order valence-corrected chi connectivity index (χ0v) is 9.82. The molecule has 1 fully saturated rings. The minimum absolute atomic E-state index is 0.0121. The lowest BCUT2D eigenvalue weighted by atomic mass is 10.2. The highest BCUT2D eigenvalue weighted by Gasteiger charge is 2.30. The highest BCUT2D eigenvalue weighted by molar-refractivity contribution is 5.94. The van der Waals surface area contributed by atoms with E-state index >= 15 is 0 Å². The van der Waals surface area contributed by atoms with Crippen LogP contribution in [0.15, 0.2) is 24.3 Å². The van der Waals surface area contributed by atoms with E-state index < -0.39 is 5.82 Å². The predicted molar refractivity (Wildman–Crippen MR) is 67.1 cm³/mol. The molecule has 0 spiro atoms. The molecule has 1 heterocycles. The van der Waals surface area contributed by atoms with Crippen LogP contribution in [-0.4, -0.2) is 29.4 Å². The highest BCUT2D eigenvalue weighted by atomic mass is 19.1. The fraction of sp³-hybridized carbons (Fsp3) is 0.333. The van der Waals surface area contributed by atoms with Crippen LogP contribution >= 0.6 is 0 Å². The number of likely N-dealkylation sites (tertiary alicyclic amines) is 1. The lowest BCUT2D eigenvalue weighted by molar-refractivity contribution is 0.216. The first-order valence-corrected chi connectivity index (χ1v) is 5.75. The Hall–Kier alpha value is -2.11. The normalized spacial score (nSPS) is 18.7. The SMILES string of the molecule is N=C(N)C1CCCN1C(=O)Nc1cccc(F)c1. The molecule has 0 bridgehead atoms. The van der Waals surface area contributed by atoms with Gasteiger partial charge in [0.25, 0.3) is 0 Å². The van der Waals surface area contributed by atoms with Crippen LogP contribution in [0.25, 0.3) is 0 Å². The Morgan fingerprint density at radius 1 is 1.56 bits per heavy atom. The number of rotatable bonds is 2. The van der Waals surface area contributed by atoms with Crippen LogP contribution in [0.1, 0.15) is 12.8 Å². The fourth-order valence-electron chi connectivity index (χ4n) is 2.09. The summed E-state index contributed by atoms with van der Waals surface area (Å²) >= 11 is 0. The number of hydrogen-bond acceptors (Lipinski definition) is 2. The zero-order valence-electron chi connectivity index (χ0n) is 9.82. The number of amides is 2. The molecule has 1 aromatic carbocycles. The van der Waals surface area contributed by atoms with Crippen molar-refractivity contribution in [2.45, 2.75) is 18.9 Å². The quantitative estimate of drug-likeness (QED) is 0.552. The van der Waals surface area contributed by atoms with E-state index in [1.54, 1.807) is 6.07 Å². The first kappa shape index (κ1) is 12.3. The molecule has 0 saturated carbocycles. The van der Waals surface area contributed by atoms with Crippen LogP contribution < -0.4 is 11.1 Å². The summed E-state index contributed by atoms with van der Waals surface area (Å²) in [5.74, 6) is -0.417. The fourth-order valence-corrected chi connectivity index (χ4v) is 2.09. The second kappa shape index (κ2) is 5.03. The van der Waals surface area contributed by atoms with Gasteiger partial charge in [-0.2, -0.15) is 0 Å². The Bertz CT molecular complexity index is 477. The number of urea groups is 1. The van der Waals surface area contributed by atoms with Crippen molar-refractivity contribution in [3.8, 4) is 0 Å². The lowest BCUT2D eigenvalue weighted by Gasteiger charge is -2.23. The highest BCUT2D eigenvalue weighted by Crippen LogP contribution is 2.19. The monoisotopic (exact) mass is 250 g/mol. The molecule has 5 nitrogen and oxygen atoms in total. The van der Waals surface area contributed by atoms with Crippen molar-refractivity contribution < 1.29 is 9.18 Å². The molecule has 1 aromatic rings. The largest absolute Gasteiger partial charge is 0.386 e. The second-order valence-electron chi connectivity index (χ2n) is 4.25. The van der Waals surface area contributed by atoms with Gasteiger partial charge in [-0.15, -0.1) is 0 Å². The summed E-state index contributed by atoms with van der Waals surface area (Å²) in [6, 6.07) is 4.99. The summed E-state index contributed by atoms with van der Waals surface area (Å²) in [6.07, 6.45) is 1.52. The third-order valence-electron chi connectivity index (χ3n) is 2.95. The Morgan fingerprint density at radius 3 is 3.00 bits per heavy atom. The molecule has 0 aromatic heterocycles.